The molecule has 0 aliphatic heterocycles. The molecule has 3 saturated carbocycles. The maximum Gasteiger partial charge on any atom is 0.0101 e. The van der Waals surface area contributed by atoms with E-state index in [1.165, 1.54) is 57.8 Å². The largest absolute Gasteiger partial charge is 0.327 e. The summed E-state index contributed by atoms with van der Waals surface area (Å²) in [6.07, 6.45) is 13.2. The highest BCUT2D eigenvalue weighted by atomic mass is 14.7. The van der Waals surface area contributed by atoms with E-state index in [1.54, 1.807) is 0 Å². The minimum atomic E-state index is 0.564. The molecule has 2 N–H and O–H groups in total. The van der Waals surface area contributed by atoms with E-state index in [-0.39, 0.29) is 0 Å². The SMILES string of the molecule is NC1C2CCCCC2CC2CCCC[C@@H]21. The van der Waals surface area contributed by atoms with Gasteiger partial charge in [-0.2, -0.15) is 0 Å². The van der Waals surface area contributed by atoms with E-state index in [2.05, 4.69) is 0 Å². The molecular formula is C14H25N. The van der Waals surface area contributed by atoms with Crippen molar-refractivity contribution in [2.75, 3.05) is 0 Å². The Morgan fingerprint density at radius 2 is 1.13 bits per heavy atom. The van der Waals surface area contributed by atoms with Gasteiger partial charge in [-0.15, -0.1) is 0 Å². The lowest BCUT2D eigenvalue weighted by Gasteiger charge is -2.50. The highest BCUT2D eigenvalue weighted by Crippen LogP contribution is 2.49. The van der Waals surface area contributed by atoms with E-state index in [4.69, 9.17) is 5.73 Å². The average molecular weight is 207 g/mol. The van der Waals surface area contributed by atoms with Gasteiger partial charge in [0.25, 0.3) is 0 Å². The Labute approximate surface area is 93.8 Å². The third-order valence-corrected chi connectivity index (χ3v) is 5.53. The van der Waals surface area contributed by atoms with E-state index in [9.17, 15) is 0 Å². The molecule has 0 amide bonds. The van der Waals surface area contributed by atoms with Crippen LogP contribution in [0.25, 0.3) is 0 Å². The van der Waals surface area contributed by atoms with Crippen molar-refractivity contribution in [2.45, 2.75) is 63.8 Å². The molecule has 0 saturated heterocycles. The highest BCUT2D eigenvalue weighted by Gasteiger charge is 2.43. The topological polar surface area (TPSA) is 26.0 Å². The number of fused-ring (bicyclic) bond motifs is 2. The zero-order valence-corrected chi connectivity index (χ0v) is 9.83. The predicted molar refractivity (Wildman–Crippen MR) is 63.5 cm³/mol. The summed E-state index contributed by atoms with van der Waals surface area (Å²) >= 11 is 0. The molecule has 3 fully saturated rings. The third-order valence-electron chi connectivity index (χ3n) is 5.53. The Kier molecular flexibility index (Phi) is 2.76. The summed E-state index contributed by atoms with van der Waals surface area (Å²) < 4.78 is 0. The molecular weight excluding hydrogens is 182 g/mol. The summed E-state index contributed by atoms with van der Waals surface area (Å²) in [5.41, 5.74) is 6.54. The van der Waals surface area contributed by atoms with Crippen LogP contribution in [-0.2, 0) is 0 Å². The van der Waals surface area contributed by atoms with Gasteiger partial charge in [-0.05, 0) is 42.9 Å². The lowest BCUT2D eigenvalue weighted by molar-refractivity contribution is 0.0297. The van der Waals surface area contributed by atoms with Crippen molar-refractivity contribution in [2.24, 2.45) is 29.4 Å². The molecule has 0 aromatic rings. The normalized spacial score (nSPS) is 50.6. The third kappa shape index (κ3) is 1.73. The smallest absolute Gasteiger partial charge is 0.0101 e. The molecule has 1 nitrogen and oxygen atoms in total. The number of nitrogens with two attached hydrogens (primary N) is 1. The summed E-state index contributed by atoms with van der Waals surface area (Å²) in [7, 11) is 0. The number of rotatable bonds is 0. The zero-order chi connectivity index (χ0) is 10.3. The van der Waals surface area contributed by atoms with Gasteiger partial charge in [0.2, 0.25) is 0 Å². The molecule has 5 atom stereocenters. The van der Waals surface area contributed by atoms with Gasteiger partial charge in [-0.3, -0.25) is 0 Å². The van der Waals surface area contributed by atoms with Gasteiger partial charge < -0.3 is 5.73 Å². The van der Waals surface area contributed by atoms with E-state index in [0.29, 0.717) is 6.04 Å². The molecule has 3 aliphatic rings. The van der Waals surface area contributed by atoms with Crippen LogP contribution in [0.15, 0.2) is 0 Å². The van der Waals surface area contributed by atoms with Crippen LogP contribution in [-0.4, -0.2) is 6.04 Å². The first kappa shape index (κ1) is 10.1. The van der Waals surface area contributed by atoms with Crippen molar-refractivity contribution < 1.29 is 0 Å². The molecule has 0 bridgehead atoms. The van der Waals surface area contributed by atoms with Crippen LogP contribution in [0.4, 0.5) is 0 Å². The zero-order valence-electron chi connectivity index (χ0n) is 9.83. The Balaban J connectivity index is 1.76. The second kappa shape index (κ2) is 4.08. The standard InChI is InChI=1S/C14H25N/c15-14-12-7-3-1-5-10(12)9-11-6-2-4-8-13(11)14/h10-14H,1-9,15H2/t10?,11?,12-,13?,14?/m0/s1. The first-order valence-corrected chi connectivity index (χ1v) is 7.12. The van der Waals surface area contributed by atoms with Crippen LogP contribution in [0.5, 0.6) is 0 Å². The molecule has 0 heterocycles. The first-order valence-electron chi connectivity index (χ1n) is 7.12. The van der Waals surface area contributed by atoms with Crippen LogP contribution in [0.3, 0.4) is 0 Å². The molecule has 1 heteroatoms. The molecule has 3 aliphatic carbocycles. The summed E-state index contributed by atoms with van der Waals surface area (Å²) in [6, 6.07) is 0.564. The van der Waals surface area contributed by atoms with Crippen LogP contribution >= 0.6 is 0 Å². The van der Waals surface area contributed by atoms with Crippen LogP contribution < -0.4 is 5.73 Å². The maximum absolute atomic E-state index is 6.54. The van der Waals surface area contributed by atoms with Gasteiger partial charge in [0, 0.05) is 6.04 Å². The minimum absolute atomic E-state index is 0.564. The summed E-state index contributed by atoms with van der Waals surface area (Å²) in [6.45, 7) is 0. The predicted octanol–water partition coefficient (Wildman–Crippen LogP) is 3.33. The fourth-order valence-corrected chi connectivity index (χ4v) is 4.78. The number of hydrogen-bond donors (Lipinski definition) is 1. The molecule has 3 rings (SSSR count). The summed E-state index contributed by atoms with van der Waals surface area (Å²) in [4.78, 5) is 0. The van der Waals surface area contributed by atoms with Crippen molar-refractivity contribution in [1.29, 1.82) is 0 Å². The molecule has 0 radical (unpaired) electrons. The van der Waals surface area contributed by atoms with Crippen LogP contribution in [0, 0.1) is 23.7 Å². The minimum Gasteiger partial charge on any atom is -0.327 e. The van der Waals surface area contributed by atoms with Crippen molar-refractivity contribution >= 4 is 0 Å². The van der Waals surface area contributed by atoms with Crippen molar-refractivity contribution in [3.63, 3.8) is 0 Å². The van der Waals surface area contributed by atoms with Crippen molar-refractivity contribution in [3.8, 4) is 0 Å². The van der Waals surface area contributed by atoms with Crippen LogP contribution in [0.1, 0.15) is 57.8 Å². The van der Waals surface area contributed by atoms with E-state index < -0.39 is 0 Å². The second-order valence-corrected chi connectivity index (χ2v) is 6.23. The van der Waals surface area contributed by atoms with Gasteiger partial charge in [0.05, 0.1) is 0 Å². The van der Waals surface area contributed by atoms with Gasteiger partial charge in [0.1, 0.15) is 0 Å². The van der Waals surface area contributed by atoms with Gasteiger partial charge in [-0.1, -0.05) is 38.5 Å². The van der Waals surface area contributed by atoms with E-state index >= 15 is 0 Å². The van der Waals surface area contributed by atoms with E-state index in [0.717, 1.165) is 23.7 Å². The summed E-state index contributed by atoms with van der Waals surface area (Å²) in [5, 5.41) is 0. The Morgan fingerprint density at radius 1 is 0.667 bits per heavy atom. The maximum atomic E-state index is 6.54. The second-order valence-electron chi connectivity index (χ2n) is 6.23. The van der Waals surface area contributed by atoms with Crippen LogP contribution in [0.2, 0.25) is 0 Å². The van der Waals surface area contributed by atoms with Crippen molar-refractivity contribution in [3.05, 3.63) is 0 Å². The molecule has 86 valence electrons. The lowest BCUT2D eigenvalue weighted by atomic mass is 9.58. The molecule has 0 aromatic carbocycles. The van der Waals surface area contributed by atoms with E-state index in [1.807, 2.05) is 0 Å². The van der Waals surface area contributed by atoms with Gasteiger partial charge in [0.15, 0.2) is 0 Å². The fraction of sp³-hybridized carbons (Fsp3) is 1.00. The monoisotopic (exact) mass is 207 g/mol. The van der Waals surface area contributed by atoms with Crippen molar-refractivity contribution in [1.82, 2.24) is 0 Å². The number of hydrogen-bond acceptors (Lipinski definition) is 1. The molecule has 0 aromatic heterocycles. The van der Waals surface area contributed by atoms with Gasteiger partial charge >= 0.3 is 0 Å². The molecule has 4 unspecified atom stereocenters. The fourth-order valence-electron chi connectivity index (χ4n) is 4.78. The Morgan fingerprint density at radius 3 is 1.67 bits per heavy atom. The first-order chi connectivity index (χ1) is 7.36. The van der Waals surface area contributed by atoms with Gasteiger partial charge in [-0.25, -0.2) is 0 Å². The average Bonchev–Trinajstić information content (AvgIpc) is 2.30. The quantitative estimate of drug-likeness (QED) is 0.648. The highest BCUT2D eigenvalue weighted by molar-refractivity contribution is 4.96. The lowest BCUT2D eigenvalue weighted by Crippen LogP contribution is -2.51. The molecule has 0 spiro atoms. The summed E-state index contributed by atoms with van der Waals surface area (Å²) in [5.74, 6) is 3.82. The Hall–Kier alpha value is -0.0400. The Bertz CT molecular complexity index is 203. The molecule has 15 heavy (non-hydrogen) atoms.